The summed E-state index contributed by atoms with van der Waals surface area (Å²) in [5.41, 5.74) is 1.38. The van der Waals surface area contributed by atoms with Gasteiger partial charge in [-0.05, 0) is 24.3 Å². The fraction of sp³-hybridized carbons (Fsp3) is 0.588. The third-order valence-corrected chi connectivity index (χ3v) is 4.15. The second-order valence-corrected chi connectivity index (χ2v) is 5.63. The maximum atomic E-state index is 11.8. The van der Waals surface area contributed by atoms with Crippen LogP contribution in [-0.2, 0) is 9.53 Å². The molecule has 0 radical (unpaired) electrons. The Hall–Kier alpha value is -1.39. The number of amides is 1. The third-order valence-electron chi connectivity index (χ3n) is 4.15. The van der Waals surface area contributed by atoms with Gasteiger partial charge < -0.3 is 15.4 Å². The highest BCUT2D eigenvalue weighted by Crippen LogP contribution is 2.32. The minimum Gasteiger partial charge on any atom is -0.383 e. The standard InChI is InChI=1S/C17H26N2O2/c1-21-12-11-18-17(20)13-19-16-10-6-5-9-15(16)14-7-3-2-4-8-14/h2-4,7-8,15-16,19H,5-6,9-13H2,1H3,(H,18,20). The van der Waals surface area contributed by atoms with Crippen molar-refractivity contribution < 1.29 is 9.53 Å². The second kappa shape index (κ2) is 8.80. The van der Waals surface area contributed by atoms with Crippen molar-refractivity contribution in [2.75, 3.05) is 26.8 Å². The SMILES string of the molecule is COCCNC(=O)CNC1CCCCC1c1ccccc1. The average Bonchev–Trinajstić information content (AvgIpc) is 2.54. The summed E-state index contributed by atoms with van der Waals surface area (Å²) in [6, 6.07) is 11.0. The number of benzene rings is 1. The van der Waals surface area contributed by atoms with Crippen molar-refractivity contribution in [3.8, 4) is 0 Å². The summed E-state index contributed by atoms with van der Waals surface area (Å²) in [6.45, 7) is 1.52. The highest BCUT2D eigenvalue weighted by Gasteiger charge is 2.26. The molecule has 0 heterocycles. The summed E-state index contributed by atoms with van der Waals surface area (Å²) in [7, 11) is 1.64. The Bertz CT molecular complexity index is 422. The monoisotopic (exact) mass is 290 g/mol. The van der Waals surface area contributed by atoms with Gasteiger partial charge in [0.1, 0.15) is 0 Å². The number of hydrogen-bond acceptors (Lipinski definition) is 3. The molecule has 0 bridgehead atoms. The lowest BCUT2D eigenvalue weighted by molar-refractivity contribution is -0.120. The Morgan fingerprint density at radius 1 is 1.24 bits per heavy atom. The fourth-order valence-corrected chi connectivity index (χ4v) is 3.05. The number of methoxy groups -OCH3 is 1. The zero-order valence-electron chi connectivity index (χ0n) is 12.8. The smallest absolute Gasteiger partial charge is 0.234 e. The van der Waals surface area contributed by atoms with Crippen molar-refractivity contribution in [3.63, 3.8) is 0 Å². The quantitative estimate of drug-likeness (QED) is 0.756. The summed E-state index contributed by atoms with van der Waals surface area (Å²) in [4.78, 5) is 11.8. The fourth-order valence-electron chi connectivity index (χ4n) is 3.05. The third kappa shape index (κ3) is 5.14. The zero-order chi connectivity index (χ0) is 14.9. The molecule has 1 saturated carbocycles. The van der Waals surface area contributed by atoms with Crippen LogP contribution in [0.3, 0.4) is 0 Å². The van der Waals surface area contributed by atoms with E-state index < -0.39 is 0 Å². The van der Waals surface area contributed by atoms with Crippen LogP contribution in [0.1, 0.15) is 37.2 Å². The normalized spacial score (nSPS) is 22.0. The summed E-state index contributed by atoms with van der Waals surface area (Å²) >= 11 is 0. The van der Waals surface area contributed by atoms with Crippen molar-refractivity contribution >= 4 is 5.91 Å². The van der Waals surface area contributed by atoms with Crippen LogP contribution in [0, 0.1) is 0 Å². The molecular weight excluding hydrogens is 264 g/mol. The van der Waals surface area contributed by atoms with Crippen molar-refractivity contribution in [3.05, 3.63) is 35.9 Å². The first-order chi connectivity index (χ1) is 10.3. The van der Waals surface area contributed by atoms with Gasteiger partial charge in [0.25, 0.3) is 0 Å². The van der Waals surface area contributed by atoms with Crippen LogP contribution in [0.2, 0.25) is 0 Å². The Labute approximate surface area is 127 Å². The number of rotatable bonds is 7. The molecule has 4 heteroatoms. The molecule has 1 aliphatic rings. The van der Waals surface area contributed by atoms with Crippen LogP contribution in [0.4, 0.5) is 0 Å². The summed E-state index contributed by atoms with van der Waals surface area (Å²) in [5, 5.41) is 6.30. The summed E-state index contributed by atoms with van der Waals surface area (Å²) in [5.74, 6) is 0.566. The molecule has 1 aliphatic carbocycles. The van der Waals surface area contributed by atoms with E-state index in [1.54, 1.807) is 7.11 Å². The second-order valence-electron chi connectivity index (χ2n) is 5.63. The van der Waals surface area contributed by atoms with Gasteiger partial charge >= 0.3 is 0 Å². The molecule has 1 aromatic rings. The lowest BCUT2D eigenvalue weighted by Gasteiger charge is -2.32. The first-order valence-corrected chi connectivity index (χ1v) is 7.85. The van der Waals surface area contributed by atoms with E-state index in [9.17, 15) is 4.79 Å². The average molecular weight is 290 g/mol. The Kier molecular flexibility index (Phi) is 6.70. The first-order valence-electron chi connectivity index (χ1n) is 7.85. The van der Waals surface area contributed by atoms with Gasteiger partial charge in [-0.3, -0.25) is 4.79 Å². The first kappa shape index (κ1) is 16.0. The minimum absolute atomic E-state index is 0.0458. The highest BCUT2D eigenvalue weighted by atomic mass is 16.5. The van der Waals surface area contributed by atoms with E-state index in [0.717, 1.165) is 6.42 Å². The highest BCUT2D eigenvalue weighted by molar-refractivity contribution is 5.78. The number of nitrogens with one attached hydrogen (secondary N) is 2. The van der Waals surface area contributed by atoms with Crippen LogP contribution in [-0.4, -0.2) is 38.8 Å². The van der Waals surface area contributed by atoms with Crippen LogP contribution in [0.15, 0.2) is 30.3 Å². The molecule has 116 valence electrons. The van der Waals surface area contributed by atoms with Crippen molar-refractivity contribution in [1.82, 2.24) is 10.6 Å². The van der Waals surface area contributed by atoms with E-state index in [1.165, 1.54) is 24.8 Å². The molecule has 1 fully saturated rings. The lowest BCUT2D eigenvalue weighted by Crippen LogP contribution is -2.43. The molecule has 2 atom stereocenters. The summed E-state index contributed by atoms with van der Waals surface area (Å²) in [6.07, 6.45) is 4.86. The van der Waals surface area contributed by atoms with Crippen molar-refractivity contribution in [2.45, 2.75) is 37.6 Å². The topological polar surface area (TPSA) is 50.4 Å². The molecule has 0 spiro atoms. The van der Waals surface area contributed by atoms with Crippen LogP contribution < -0.4 is 10.6 Å². The van der Waals surface area contributed by atoms with Gasteiger partial charge in [-0.25, -0.2) is 0 Å². The predicted octanol–water partition coefficient (Wildman–Crippen LogP) is 2.06. The molecule has 1 aromatic carbocycles. The van der Waals surface area contributed by atoms with Gasteiger partial charge in [0.2, 0.25) is 5.91 Å². The molecule has 1 amide bonds. The van der Waals surface area contributed by atoms with Gasteiger partial charge in [-0.1, -0.05) is 43.2 Å². The van der Waals surface area contributed by atoms with Gasteiger partial charge in [0.15, 0.2) is 0 Å². The maximum Gasteiger partial charge on any atom is 0.234 e. The molecule has 0 aromatic heterocycles. The number of carbonyl (C=O) groups excluding carboxylic acids is 1. The van der Waals surface area contributed by atoms with Gasteiger partial charge in [-0.15, -0.1) is 0 Å². The zero-order valence-corrected chi connectivity index (χ0v) is 12.8. The molecule has 0 aliphatic heterocycles. The molecule has 4 nitrogen and oxygen atoms in total. The van der Waals surface area contributed by atoms with E-state index >= 15 is 0 Å². The van der Waals surface area contributed by atoms with Crippen LogP contribution in [0.25, 0.3) is 0 Å². The van der Waals surface area contributed by atoms with Crippen LogP contribution >= 0.6 is 0 Å². The van der Waals surface area contributed by atoms with Gasteiger partial charge in [0.05, 0.1) is 13.2 Å². The van der Waals surface area contributed by atoms with E-state index in [0.29, 0.717) is 31.7 Å². The summed E-state index contributed by atoms with van der Waals surface area (Å²) < 4.78 is 4.93. The number of carbonyl (C=O) groups is 1. The molecule has 21 heavy (non-hydrogen) atoms. The molecule has 2 N–H and O–H groups in total. The van der Waals surface area contributed by atoms with Crippen molar-refractivity contribution in [1.29, 1.82) is 0 Å². The Balaban J connectivity index is 1.83. The molecule has 2 rings (SSSR count). The van der Waals surface area contributed by atoms with E-state index in [-0.39, 0.29) is 5.91 Å². The Morgan fingerprint density at radius 2 is 2.00 bits per heavy atom. The molecular formula is C17H26N2O2. The minimum atomic E-state index is 0.0458. The van der Waals surface area contributed by atoms with Crippen LogP contribution in [0.5, 0.6) is 0 Å². The van der Waals surface area contributed by atoms with E-state index in [4.69, 9.17) is 4.74 Å². The van der Waals surface area contributed by atoms with Gasteiger partial charge in [-0.2, -0.15) is 0 Å². The van der Waals surface area contributed by atoms with Gasteiger partial charge in [0, 0.05) is 19.7 Å². The number of hydrogen-bond donors (Lipinski definition) is 2. The van der Waals surface area contributed by atoms with E-state index in [1.807, 2.05) is 0 Å². The predicted molar refractivity (Wildman–Crippen MR) is 84.3 cm³/mol. The Morgan fingerprint density at radius 3 is 2.76 bits per heavy atom. The van der Waals surface area contributed by atoms with E-state index in [2.05, 4.69) is 41.0 Å². The number of ether oxygens (including phenoxy) is 1. The lowest BCUT2D eigenvalue weighted by atomic mass is 9.80. The molecule has 0 saturated heterocycles. The van der Waals surface area contributed by atoms with Crippen molar-refractivity contribution in [2.24, 2.45) is 0 Å². The maximum absolute atomic E-state index is 11.8. The largest absolute Gasteiger partial charge is 0.383 e. The molecule has 2 unspecified atom stereocenters.